The zero-order chi connectivity index (χ0) is 16.2. The molecule has 0 bridgehead atoms. The normalized spacial score (nSPS) is 10.4. The van der Waals surface area contributed by atoms with Crippen LogP contribution < -0.4 is 10.1 Å². The van der Waals surface area contributed by atoms with Gasteiger partial charge < -0.3 is 10.1 Å². The van der Waals surface area contributed by atoms with Crippen molar-refractivity contribution in [2.75, 3.05) is 12.4 Å². The van der Waals surface area contributed by atoms with Gasteiger partial charge in [-0.1, -0.05) is 18.2 Å². The van der Waals surface area contributed by atoms with Crippen molar-refractivity contribution in [2.45, 2.75) is 0 Å². The molecule has 3 rings (SSSR count). The van der Waals surface area contributed by atoms with E-state index >= 15 is 0 Å². The number of halogens is 2. The summed E-state index contributed by atoms with van der Waals surface area (Å²) in [6.45, 7) is 0. The first-order valence-corrected chi connectivity index (χ1v) is 6.99. The number of anilines is 2. The molecule has 1 heterocycles. The lowest BCUT2D eigenvalue weighted by Gasteiger charge is -2.08. The van der Waals surface area contributed by atoms with Crippen molar-refractivity contribution in [1.29, 1.82) is 0 Å². The highest BCUT2D eigenvalue weighted by molar-refractivity contribution is 5.66. The van der Waals surface area contributed by atoms with Crippen LogP contribution in [0, 0.1) is 11.6 Å². The van der Waals surface area contributed by atoms with E-state index in [4.69, 9.17) is 4.74 Å². The fourth-order valence-corrected chi connectivity index (χ4v) is 2.20. The van der Waals surface area contributed by atoms with E-state index < -0.39 is 11.6 Å². The molecule has 0 amide bonds. The Labute approximate surface area is 132 Å². The molecule has 5 heteroatoms. The van der Waals surface area contributed by atoms with Gasteiger partial charge >= 0.3 is 0 Å². The van der Waals surface area contributed by atoms with Crippen LogP contribution >= 0.6 is 0 Å². The molecule has 0 aliphatic heterocycles. The lowest BCUT2D eigenvalue weighted by molar-refractivity contribution is 0.415. The molecule has 1 aromatic heterocycles. The molecular formula is C18H14F2N2O. The second-order valence-corrected chi connectivity index (χ2v) is 4.89. The first-order valence-electron chi connectivity index (χ1n) is 6.99. The lowest BCUT2D eigenvalue weighted by Crippen LogP contribution is -1.95. The van der Waals surface area contributed by atoms with Gasteiger partial charge in [0.25, 0.3) is 0 Å². The predicted molar refractivity (Wildman–Crippen MR) is 85.9 cm³/mol. The number of hydrogen-bond acceptors (Lipinski definition) is 3. The summed E-state index contributed by atoms with van der Waals surface area (Å²) in [5, 5.41) is 3.12. The third-order valence-corrected chi connectivity index (χ3v) is 3.37. The summed E-state index contributed by atoms with van der Waals surface area (Å²) in [5.41, 5.74) is 1.52. The second-order valence-electron chi connectivity index (χ2n) is 4.89. The minimum Gasteiger partial charge on any atom is -0.497 e. The highest BCUT2D eigenvalue weighted by Gasteiger charge is 2.10. The molecule has 0 saturated carbocycles. The Morgan fingerprint density at radius 2 is 1.83 bits per heavy atom. The first kappa shape index (κ1) is 15.0. The van der Waals surface area contributed by atoms with E-state index in [1.54, 1.807) is 19.2 Å². The molecule has 0 atom stereocenters. The summed E-state index contributed by atoms with van der Waals surface area (Å²) in [6, 6.07) is 14.9. The third kappa shape index (κ3) is 3.29. The molecule has 1 N–H and O–H groups in total. The topological polar surface area (TPSA) is 34.1 Å². The summed E-state index contributed by atoms with van der Waals surface area (Å²) in [7, 11) is 1.60. The van der Waals surface area contributed by atoms with Gasteiger partial charge in [0.05, 0.1) is 7.11 Å². The number of nitrogens with one attached hydrogen (secondary N) is 1. The second kappa shape index (κ2) is 6.44. The van der Waals surface area contributed by atoms with Crippen molar-refractivity contribution in [2.24, 2.45) is 0 Å². The molecule has 0 radical (unpaired) electrons. The summed E-state index contributed by atoms with van der Waals surface area (Å²) in [6.07, 6.45) is 1.50. The lowest BCUT2D eigenvalue weighted by atomic mass is 10.1. The van der Waals surface area contributed by atoms with Gasteiger partial charge in [-0.2, -0.15) is 0 Å². The Balaban J connectivity index is 1.83. The molecule has 3 aromatic rings. The molecule has 0 aliphatic carbocycles. The van der Waals surface area contributed by atoms with Crippen molar-refractivity contribution >= 4 is 11.5 Å². The van der Waals surface area contributed by atoms with Crippen molar-refractivity contribution < 1.29 is 13.5 Å². The van der Waals surface area contributed by atoms with Crippen molar-refractivity contribution in [3.05, 3.63) is 72.4 Å². The fourth-order valence-electron chi connectivity index (χ4n) is 2.20. The minimum absolute atomic E-state index is 0.186. The molecule has 0 saturated heterocycles. The number of hydrogen-bond donors (Lipinski definition) is 1. The van der Waals surface area contributed by atoms with Gasteiger partial charge in [-0.25, -0.2) is 13.8 Å². The first-order chi connectivity index (χ1) is 11.2. The van der Waals surface area contributed by atoms with Crippen molar-refractivity contribution in [1.82, 2.24) is 4.98 Å². The maximum atomic E-state index is 13.8. The number of pyridine rings is 1. The van der Waals surface area contributed by atoms with E-state index in [9.17, 15) is 8.78 Å². The van der Waals surface area contributed by atoms with E-state index in [1.807, 2.05) is 24.3 Å². The van der Waals surface area contributed by atoms with Gasteiger partial charge in [0.2, 0.25) is 0 Å². The Morgan fingerprint density at radius 3 is 2.57 bits per heavy atom. The van der Waals surface area contributed by atoms with E-state index in [0.717, 1.165) is 17.5 Å². The molecule has 116 valence electrons. The van der Waals surface area contributed by atoms with Gasteiger partial charge in [-0.15, -0.1) is 0 Å². The van der Waals surface area contributed by atoms with Gasteiger partial charge in [0, 0.05) is 29.1 Å². The van der Waals surface area contributed by atoms with Crippen LogP contribution in [0.3, 0.4) is 0 Å². The maximum Gasteiger partial charge on any atom is 0.166 e. The van der Waals surface area contributed by atoms with E-state index in [0.29, 0.717) is 11.4 Å². The van der Waals surface area contributed by atoms with E-state index in [-0.39, 0.29) is 5.56 Å². The van der Waals surface area contributed by atoms with Crippen LogP contribution in [0.2, 0.25) is 0 Å². The predicted octanol–water partition coefficient (Wildman–Crippen LogP) is 4.78. The molecule has 3 nitrogen and oxygen atoms in total. The van der Waals surface area contributed by atoms with E-state index in [1.165, 1.54) is 18.3 Å². The van der Waals surface area contributed by atoms with Crippen LogP contribution in [0.15, 0.2) is 60.8 Å². The summed E-state index contributed by atoms with van der Waals surface area (Å²) >= 11 is 0. The van der Waals surface area contributed by atoms with Crippen molar-refractivity contribution in [3.8, 4) is 16.9 Å². The number of methoxy groups -OCH3 is 1. The molecule has 0 spiro atoms. The summed E-state index contributed by atoms with van der Waals surface area (Å²) in [4.78, 5) is 4.24. The average molecular weight is 312 g/mol. The van der Waals surface area contributed by atoms with Crippen LogP contribution in [0.5, 0.6) is 5.75 Å². The third-order valence-electron chi connectivity index (χ3n) is 3.37. The Kier molecular flexibility index (Phi) is 4.19. The SMILES string of the molecule is COc1cccc(Nc2ccc(-c3cccc(F)c3F)cn2)c1. The Bertz CT molecular complexity index is 820. The van der Waals surface area contributed by atoms with Crippen LogP contribution in [0.1, 0.15) is 0 Å². The Hall–Kier alpha value is -2.95. The zero-order valence-corrected chi connectivity index (χ0v) is 12.4. The highest BCUT2D eigenvalue weighted by Crippen LogP contribution is 2.26. The molecule has 2 aromatic carbocycles. The number of nitrogens with zero attached hydrogens (tertiary/aromatic N) is 1. The summed E-state index contributed by atoms with van der Waals surface area (Å²) < 4.78 is 32.2. The monoisotopic (exact) mass is 312 g/mol. The molecule has 0 unspecified atom stereocenters. The fraction of sp³-hybridized carbons (Fsp3) is 0.0556. The van der Waals surface area contributed by atoms with Gasteiger partial charge in [0.15, 0.2) is 11.6 Å². The van der Waals surface area contributed by atoms with E-state index in [2.05, 4.69) is 10.3 Å². The molecule has 0 aliphatic rings. The number of ether oxygens (including phenoxy) is 1. The number of aromatic nitrogens is 1. The smallest absolute Gasteiger partial charge is 0.166 e. The number of benzene rings is 2. The standard InChI is InChI=1S/C18H14F2N2O/c1-23-14-5-2-4-13(10-14)22-17-9-8-12(11-21-17)15-6-3-7-16(19)18(15)20/h2-11H,1H3,(H,21,22). The molecule has 23 heavy (non-hydrogen) atoms. The van der Waals surface area contributed by atoms with Gasteiger partial charge in [0.1, 0.15) is 11.6 Å². The van der Waals surface area contributed by atoms with Crippen LogP contribution in [-0.2, 0) is 0 Å². The average Bonchev–Trinajstić information content (AvgIpc) is 2.58. The van der Waals surface area contributed by atoms with Crippen LogP contribution in [0.4, 0.5) is 20.3 Å². The van der Waals surface area contributed by atoms with Crippen LogP contribution in [0.25, 0.3) is 11.1 Å². The van der Waals surface area contributed by atoms with Crippen molar-refractivity contribution in [3.63, 3.8) is 0 Å². The molecular weight excluding hydrogens is 298 g/mol. The summed E-state index contributed by atoms with van der Waals surface area (Å²) in [5.74, 6) is -0.420. The largest absolute Gasteiger partial charge is 0.497 e. The maximum absolute atomic E-state index is 13.8. The highest BCUT2D eigenvalue weighted by atomic mass is 19.2. The quantitative estimate of drug-likeness (QED) is 0.753. The number of rotatable bonds is 4. The molecule has 0 fully saturated rings. The Morgan fingerprint density at radius 1 is 1.00 bits per heavy atom. The minimum atomic E-state index is -0.874. The van der Waals surface area contributed by atoms with Gasteiger partial charge in [-0.05, 0) is 30.3 Å². The zero-order valence-electron chi connectivity index (χ0n) is 12.4. The van der Waals surface area contributed by atoms with Crippen LogP contribution in [-0.4, -0.2) is 12.1 Å². The van der Waals surface area contributed by atoms with Gasteiger partial charge in [-0.3, -0.25) is 0 Å².